The molecule has 144 valence electrons. The third-order valence-electron chi connectivity index (χ3n) is 4.93. The van der Waals surface area contributed by atoms with Crippen LogP contribution >= 0.6 is 22.6 Å². The average molecular weight is 506 g/mol. The minimum atomic E-state index is -3.59. The lowest BCUT2D eigenvalue weighted by Gasteiger charge is -2.26. The Hall–Kier alpha value is -1.49. The summed E-state index contributed by atoms with van der Waals surface area (Å²) in [6.07, 6.45) is 1.79. The van der Waals surface area contributed by atoms with Crippen molar-refractivity contribution in [1.82, 2.24) is 4.72 Å². The largest absolute Gasteiger partial charge is 0.384 e. The number of sulfonamides is 1. The number of nitrogens with zero attached hydrogens (tertiary/aromatic N) is 1. The van der Waals surface area contributed by atoms with Crippen molar-refractivity contribution >= 4 is 38.3 Å². The van der Waals surface area contributed by atoms with Crippen molar-refractivity contribution in [2.24, 2.45) is 11.1 Å². The number of hydrogen-bond acceptors (Lipinski definition) is 4. The molecular formula is C18H17F2IN2O3S. The van der Waals surface area contributed by atoms with E-state index < -0.39 is 38.9 Å². The maximum Gasteiger partial charge on any atom is 0.235 e. The summed E-state index contributed by atoms with van der Waals surface area (Å²) in [5.41, 5.74) is 1.09. The van der Waals surface area contributed by atoms with Crippen LogP contribution in [0.2, 0.25) is 0 Å². The number of fused-ring (bicyclic) bond motifs is 1. The van der Waals surface area contributed by atoms with Crippen LogP contribution in [0.5, 0.6) is 0 Å². The molecule has 3 aliphatic rings. The van der Waals surface area contributed by atoms with Crippen molar-refractivity contribution in [3.05, 3.63) is 56.3 Å². The molecule has 4 rings (SSSR count). The molecule has 27 heavy (non-hydrogen) atoms. The Morgan fingerprint density at radius 3 is 2.74 bits per heavy atom. The Balaban J connectivity index is 1.72. The van der Waals surface area contributed by atoms with Crippen LogP contribution in [-0.4, -0.2) is 25.5 Å². The first-order chi connectivity index (χ1) is 12.8. The van der Waals surface area contributed by atoms with Crippen LogP contribution in [0, 0.1) is 15.3 Å². The van der Waals surface area contributed by atoms with Crippen molar-refractivity contribution < 1.29 is 22.0 Å². The highest BCUT2D eigenvalue weighted by Crippen LogP contribution is 2.38. The van der Waals surface area contributed by atoms with E-state index in [-0.39, 0.29) is 23.3 Å². The first-order valence-corrected chi connectivity index (χ1v) is 11.2. The Kier molecular flexibility index (Phi) is 4.77. The summed E-state index contributed by atoms with van der Waals surface area (Å²) in [4.78, 5) is 5.18. The quantitative estimate of drug-likeness (QED) is 0.622. The van der Waals surface area contributed by atoms with E-state index in [1.807, 2.05) is 22.6 Å². The minimum absolute atomic E-state index is 0.0841. The van der Waals surface area contributed by atoms with Gasteiger partial charge in [0.15, 0.2) is 6.10 Å². The van der Waals surface area contributed by atoms with Gasteiger partial charge in [0, 0.05) is 15.6 Å². The lowest BCUT2D eigenvalue weighted by Crippen LogP contribution is -2.34. The summed E-state index contributed by atoms with van der Waals surface area (Å²) in [5.74, 6) is -1.56. The summed E-state index contributed by atoms with van der Waals surface area (Å²) in [6, 6.07) is 4.66. The molecule has 1 aromatic carbocycles. The maximum absolute atomic E-state index is 15.2. The number of rotatable bonds is 5. The van der Waals surface area contributed by atoms with Gasteiger partial charge in [-0.3, -0.25) is 4.72 Å². The molecule has 1 saturated carbocycles. The molecule has 1 heterocycles. The van der Waals surface area contributed by atoms with Gasteiger partial charge in [0.2, 0.25) is 10.0 Å². The lowest BCUT2D eigenvalue weighted by atomic mass is 9.86. The molecule has 0 spiro atoms. The van der Waals surface area contributed by atoms with Gasteiger partial charge < -0.3 is 4.84 Å². The van der Waals surface area contributed by atoms with E-state index in [0.717, 1.165) is 3.57 Å². The summed E-state index contributed by atoms with van der Waals surface area (Å²) in [7, 11) is -3.59. The average Bonchev–Trinajstić information content (AvgIpc) is 3.39. The number of oxime groups is 1. The first-order valence-electron chi connectivity index (χ1n) is 8.53. The Labute approximate surface area is 169 Å². The molecule has 0 radical (unpaired) electrons. The first kappa shape index (κ1) is 18.9. The number of hydrogen-bond donors (Lipinski definition) is 1. The maximum atomic E-state index is 15.2. The third kappa shape index (κ3) is 3.63. The number of allylic oxidation sites excluding steroid dienone is 1. The van der Waals surface area contributed by atoms with Crippen LogP contribution < -0.4 is 4.72 Å². The monoisotopic (exact) mass is 506 g/mol. The van der Waals surface area contributed by atoms with Gasteiger partial charge in [-0.25, -0.2) is 17.2 Å². The zero-order chi connectivity index (χ0) is 19.3. The van der Waals surface area contributed by atoms with E-state index in [0.29, 0.717) is 18.6 Å². The van der Waals surface area contributed by atoms with E-state index in [1.165, 1.54) is 6.07 Å². The second kappa shape index (κ2) is 6.84. The van der Waals surface area contributed by atoms with Crippen LogP contribution in [0.1, 0.15) is 25.3 Å². The van der Waals surface area contributed by atoms with E-state index in [4.69, 9.17) is 4.84 Å². The summed E-state index contributed by atoms with van der Waals surface area (Å²) >= 11 is 1.99. The molecule has 2 atom stereocenters. The van der Waals surface area contributed by atoms with Crippen molar-refractivity contribution in [3.8, 4) is 0 Å². The zero-order valence-electron chi connectivity index (χ0n) is 14.4. The Morgan fingerprint density at radius 2 is 2.07 bits per heavy atom. The standard InChI is InChI=1S/C18H17F2IN2O3S/c1-9-13-8-16(23-27(24,25)12-4-5-12)14(17(20)18(13)26-22-9)6-10-2-3-11(21)7-15(10)19/h2-3,7-8,12-13,18,23H,4-6H2,1H3. The Bertz CT molecular complexity index is 1000. The topological polar surface area (TPSA) is 67.8 Å². The molecule has 2 aliphatic carbocycles. The molecule has 1 aliphatic heterocycles. The SMILES string of the molecule is CC1=NOC2C(F)=C(Cc3ccc(I)cc3F)C(NS(=O)(=O)C3CC3)=CC12. The fraction of sp³-hybridized carbons (Fsp3) is 0.389. The fourth-order valence-corrected chi connectivity index (χ4v) is 5.10. The van der Waals surface area contributed by atoms with E-state index in [9.17, 15) is 12.8 Å². The minimum Gasteiger partial charge on any atom is -0.384 e. The number of nitrogens with one attached hydrogen (secondary N) is 1. The predicted octanol–water partition coefficient (Wildman–Crippen LogP) is 3.57. The van der Waals surface area contributed by atoms with Crippen molar-refractivity contribution in [3.63, 3.8) is 0 Å². The number of halogens is 3. The molecule has 0 aromatic heterocycles. The summed E-state index contributed by atoms with van der Waals surface area (Å²) < 4.78 is 57.6. The molecule has 0 bridgehead atoms. The van der Waals surface area contributed by atoms with Gasteiger partial charge in [-0.2, -0.15) is 0 Å². The molecule has 0 amide bonds. The molecule has 1 fully saturated rings. The molecule has 1 N–H and O–H groups in total. The third-order valence-corrected chi connectivity index (χ3v) is 7.45. The highest BCUT2D eigenvalue weighted by Gasteiger charge is 2.42. The van der Waals surface area contributed by atoms with Gasteiger partial charge in [0.1, 0.15) is 11.6 Å². The molecule has 5 nitrogen and oxygen atoms in total. The smallest absolute Gasteiger partial charge is 0.235 e. The van der Waals surface area contributed by atoms with Crippen LogP contribution in [-0.2, 0) is 21.3 Å². The van der Waals surface area contributed by atoms with Crippen LogP contribution in [0.25, 0.3) is 0 Å². The second-order valence-corrected chi connectivity index (χ2v) is 10.2. The predicted molar refractivity (Wildman–Crippen MR) is 106 cm³/mol. The molecule has 0 saturated heterocycles. The molecular weight excluding hydrogens is 489 g/mol. The van der Waals surface area contributed by atoms with Gasteiger partial charge in [0.25, 0.3) is 0 Å². The lowest BCUT2D eigenvalue weighted by molar-refractivity contribution is 0.0777. The summed E-state index contributed by atoms with van der Waals surface area (Å²) in [5, 5.41) is 3.37. The molecule has 9 heteroatoms. The van der Waals surface area contributed by atoms with Gasteiger partial charge in [-0.1, -0.05) is 11.2 Å². The van der Waals surface area contributed by atoms with Crippen LogP contribution in [0.4, 0.5) is 8.78 Å². The zero-order valence-corrected chi connectivity index (χ0v) is 17.4. The van der Waals surface area contributed by atoms with Crippen LogP contribution in [0.15, 0.2) is 46.5 Å². The molecule has 1 aromatic rings. The van der Waals surface area contributed by atoms with Crippen LogP contribution in [0.3, 0.4) is 0 Å². The highest BCUT2D eigenvalue weighted by molar-refractivity contribution is 14.1. The van der Waals surface area contributed by atoms with Gasteiger partial charge in [-0.05, 0) is 66.1 Å². The normalized spacial score (nSPS) is 24.9. The van der Waals surface area contributed by atoms with E-state index >= 15 is 4.39 Å². The van der Waals surface area contributed by atoms with Crippen molar-refractivity contribution in [1.29, 1.82) is 0 Å². The highest BCUT2D eigenvalue weighted by atomic mass is 127. The van der Waals surface area contributed by atoms with E-state index in [1.54, 1.807) is 25.1 Å². The Morgan fingerprint density at radius 1 is 1.33 bits per heavy atom. The van der Waals surface area contributed by atoms with Crippen molar-refractivity contribution in [2.45, 2.75) is 37.5 Å². The van der Waals surface area contributed by atoms with Gasteiger partial charge in [0.05, 0.1) is 22.6 Å². The number of benzene rings is 1. The summed E-state index contributed by atoms with van der Waals surface area (Å²) in [6.45, 7) is 1.70. The van der Waals surface area contributed by atoms with Gasteiger partial charge in [-0.15, -0.1) is 0 Å². The van der Waals surface area contributed by atoms with Crippen molar-refractivity contribution in [2.75, 3.05) is 0 Å². The molecule has 2 unspecified atom stereocenters. The second-order valence-electron chi connectivity index (χ2n) is 6.95. The van der Waals surface area contributed by atoms with E-state index in [2.05, 4.69) is 9.88 Å². The fourth-order valence-electron chi connectivity index (χ4n) is 3.22. The van der Waals surface area contributed by atoms with Gasteiger partial charge >= 0.3 is 0 Å².